The highest BCUT2D eigenvalue weighted by Gasteiger charge is 2.19. The van der Waals surface area contributed by atoms with Crippen LogP contribution in [0.3, 0.4) is 0 Å². The van der Waals surface area contributed by atoms with Gasteiger partial charge in [-0.2, -0.15) is 0 Å². The molecule has 11 aromatic carbocycles. The zero-order valence-corrected chi connectivity index (χ0v) is 33.6. The maximum absolute atomic E-state index is 2.35. The maximum Gasteiger partial charge on any atom is 0.0468 e. The van der Waals surface area contributed by atoms with Crippen molar-refractivity contribution in [1.82, 2.24) is 0 Å². The van der Waals surface area contributed by atoms with Gasteiger partial charge in [-0.3, -0.25) is 0 Å². The van der Waals surface area contributed by atoms with Crippen molar-refractivity contribution in [3.8, 4) is 33.4 Å². The molecule has 0 amide bonds. The van der Waals surface area contributed by atoms with E-state index in [1.54, 1.807) is 0 Å². The molecule has 0 heterocycles. The lowest BCUT2D eigenvalue weighted by atomic mass is 9.84. The van der Waals surface area contributed by atoms with E-state index in [4.69, 9.17) is 0 Å². The molecular weight excluding hydrogens is 735 g/mol. The number of anilines is 3. The van der Waals surface area contributed by atoms with E-state index in [2.05, 4.69) is 254 Å². The Balaban J connectivity index is 1.01. The van der Waals surface area contributed by atoms with E-state index in [9.17, 15) is 0 Å². The first-order valence-electron chi connectivity index (χ1n) is 21.0. The van der Waals surface area contributed by atoms with Gasteiger partial charge in [0.25, 0.3) is 0 Å². The van der Waals surface area contributed by atoms with Crippen LogP contribution in [-0.4, -0.2) is 0 Å². The summed E-state index contributed by atoms with van der Waals surface area (Å²) < 4.78 is 0. The van der Waals surface area contributed by atoms with Crippen molar-refractivity contribution < 1.29 is 0 Å². The summed E-state index contributed by atoms with van der Waals surface area (Å²) in [5.74, 6) is 0. The van der Waals surface area contributed by atoms with Gasteiger partial charge in [-0.05, 0) is 124 Å². The van der Waals surface area contributed by atoms with Crippen LogP contribution in [0, 0.1) is 0 Å². The zero-order valence-electron chi connectivity index (χ0n) is 33.6. The van der Waals surface area contributed by atoms with E-state index >= 15 is 0 Å². The smallest absolute Gasteiger partial charge is 0.0468 e. The van der Waals surface area contributed by atoms with E-state index in [-0.39, 0.29) is 0 Å². The van der Waals surface area contributed by atoms with Gasteiger partial charge in [0.2, 0.25) is 0 Å². The first kappa shape index (κ1) is 36.1. The summed E-state index contributed by atoms with van der Waals surface area (Å²) in [7, 11) is 0. The van der Waals surface area contributed by atoms with Crippen LogP contribution in [0.4, 0.5) is 17.1 Å². The molecule has 11 rings (SSSR count). The van der Waals surface area contributed by atoms with Gasteiger partial charge in [-0.25, -0.2) is 0 Å². The molecular formula is C60H41N. The predicted octanol–water partition coefficient (Wildman–Crippen LogP) is 16.9. The number of para-hydroxylation sites is 1. The minimum atomic E-state index is 1.11. The monoisotopic (exact) mass is 775 g/mol. The topological polar surface area (TPSA) is 3.24 Å². The summed E-state index contributed by atoms with van der Waals surface area (Å²) in [6.07, 6.45) is 4.48. The highest BCUT2D eigenvalue weighted by molar-refractivity contribution is 6.24. The summed E-state index contributed by atoms with van der Waals surface area (Å²) in [4.78, 5) is 2.35. The van der Waals surface area contributed by atoms with E-state index in [0.29, 0.717) is 0 Å². The Morgan fingerprint density at radius 2 is 0.770 bits per heavy atom. The van der Waals surface area contributed by atoms with Crippen molar-refractivity contribution in [3.63, 3.8) is 0 Å². The quantitative estimate of drug-likeness (QED) is 0.110. The molecule has 0 aliphatic rings. The van der Waals surface area contributed by atoms with Crippen molar-refractivity contribution in [2.45, 2.75) is 0 Å². The van der Waals surface area contributed by atoms with E-state index in [1.807, 2.05) is 0 Å². The van der Waals surface area contributed by atoms with Crippen molar-refractivity contribution in [3.05, 3.63) is 248 Å². The van der Waals surface area contributed by atoms with Gasteiger partial charge in [0, 0.05) is 17.1 Å². The van der Waals surface area contributed by atoms with Crippen LogP contribution in [0.25, 0.3) is 88.6 Å². The van der Waals surface area contributed by atoms with Crippen molar-refractivity contribution >= 4 is 72.3 Å². The highest BCUT2D eigenvalue weighted by Crippen LogP contribution is 2.46. The Bertz CT molecular complexity index is 3330. The van der Waals surface area contributed by atoms with Crippen LogP contribution >= 0.6 is 0 Å². The average Bonchev–Trinajstić information content (AvgIpc) is 3.34. The van der Waals surface area contributed by atoms with Crippen molar-refractivity contribution in [2.75, 3.05) is 4.90 Å². The Hall–Kier alpha value is -8.00. The molecule has 0 atom stereocenters. The summed E-state index contributed by atoms with van der Waals surface area (Å²) >= 11 is 0. The van der Waals surface area contributed by atoms with Gasteiger partial charge in [0.15, 0.2) is 0 Å². The second kappa shape index (κ2) is 15.6. The fraction of sp³-hybridized carbons (Fsp3) is 0. The number of hydrogen-bond donors (Lipinski definition) is 0. The summed E-state index contributed by atoms with van der Waals surface area (Å²) in [6, 6.07) is 85.8. The molecule has 0 N–H and O–H groups in total. The van der Waals surface area contributed by atoms with Gasteiger partial charge >= 0.3 is 0 Å². The maximum atomic E-state index is 2.35. The first-order valence-corrected chi connectivity index (χ1v) is 21.0. The molecule has 0 unspecified atom stereocenters. The Kier molecular flexibility index (Phi) is 9.26. The lowest BCUT2D eigenvalue weighted by Crippen LogP contribution is -2.09. The van der Waals surface area contributed by atoms with Crippen LogP contribution in [0.15, 0.2) is 237 Å². The Morgan fingerprint density at radius 1 is 0.279 bits per heavy atom. The van der Waals surface area contributed by atoms with E-state index in [0.717, 1.165) is 17.1 Å². The molecule has 1 nitrogen and oxygen atoms in total. The molecule has 0 radical (unpaired) electrons. The molecule has 286 valence electrons. The third-order valence-corrected chi connectivity index (χ3v) is 12.1. The predicted molar refractivity (Wildman–Crippen MR) is 263 cm³/mol. The Morgan fingerprint density at radius 3 is 1.44 bits per heavy atom. The summed E-state index contributed by atoms with van der Waals surface area (Å²) in [5.41, 5.74) is 13.1. The molecule has 0 aliphatic carbocycles. The number of benzene rings is 11. The number of nitrogens with zero attached hydrogens (tertiary/aromatic N) is 1. The normalized spacial score (nSPS) is 11.5. The van der Waals surface area contributed by atoms with Crippen LogP contribution in [0.1, 0.15) is 11.1 Å². The average molecular weight is 776 g/mol. The molecule has 11 aromatic rings. The second-order valence-electron chi connectivity index (χ2n) is 15.7. The lowest BCUT2D eigenvalue weighted by Gasteiger charge is -2.26. The van der Waals surface area contributed by atoms with Gasteiger partial charge < -0.3 is 4.90 Å². The number of rotatable bonds is 8. The lowest BCUT2D eigenvalue weighted by molar-refractivity contribution is 1.29. The third kappa shape index (κ3) is 6.73. The molecule has 0 spiro atoms. The standard InChI is InChI=1S/C60H41N/c1-3-15-43(16-4-1)45-30-27-42(28-31-45)29-32-46-36-40-58(53-22-10-9-21-52(46)53)60-56-25-13-11-23-54(56)59(55-24-12-14-26-57(55)60)47-34-37-50(38-35-47)61(49-19-5-2-6-20-49)51-39-33-44-17-7-8-18-48(44)41-51/h1-41H/b32-29+. The molecule has 1 heteroatoms. The summed E-state index contributed by atoms with van der Waals surface area (Å²) in [6.45, 7) is 0. The summed E-state index contributed by atoms with van der Waals surface area (Å²) in [5, 5.41) is 9.91. The third-order valence-electron chi connectivity index (χ3n) is 12.1. The zero-order chi connectivity index (χ0) is 40.5. The largest absolute Gasteiger partial charge is 0.310 e. The van der Waals surface area contributed by atoms with Crippen LogP contribution in [0.5, 0.6) is 0 Å². The fourth-order valence-corrected chi connectivity index (χ4v) is 9.14. The molecule has 0 saturated heterocycles. The van der Waals surface area contributed by atoms with Crippen LogP contribution in [-0.2, 0) is 0 Å². The molecule has 0 saturated carbocycles. The molecule has 0 aromatic heterocycles. The number of hydrogen-bond acceptors (Lipinski definition) is 1. The minimum absolute atomic E-state index is 1.11. The molecule has 0 fully saturated rings. The molecule has 0 aliphatic heterocycles. The second-order valence-corrected chi connectivity index (χ2v) is 15.7. The van der Waals surface area contributed by atoms with Crippen molar-refractivity contribution in [2.24, 2.45) is 0 Å². The minimum Gasteiger partial charge on any atom is -0.310 e. The Labute approximate surface area is 356 Å². The number of fused-ring (bicyclic) bond motifs is 4. The van der Waals surface area contributed by atoms with E-state index < -0.39 is 0 Å². The van der Waals surface area contributed by atoms with Crippen LogP contribution < -0.4 is 4.90 Å². The van der Waals surface area contributed by atoms with Gasteiger partial charge in [-0.15, -0.1) is 0 Å². The molecule has 0 bridgehead atoms. The van der Waals surface area contributed by atoms with Gasteiger partial charge in [0.05, 0.1) is 0 Å². The molecule has 61 heavy (non-hydrogen) atoms. The van der Waals surface area contributed by atoms with Gasteiger partial charge in [-0.1, -0.05) is 212 Å². The fourth-order valence-electron chi connectivity index (χ4n) is 9.14. The highest BCUT2D eigenvalue weighted by atomic mass is 15.1. The van der Waals surface area contributed by atoms with Crippen molar-refractivity contribution in [1.29, 1.82) is 0 Å². The van der Waals surface area contributed by atoms with Gasteiger partial charge in [0.1, 0.15) is 0 Å². The SMILES string of the molecule is C(=C\c1ccc(-c2c3ccccc3c(-c3ccc(N(c4ccccc4)c4ccc5ccccc5c4)cc3)c3ccccc23)c2ccccc12)/c1ccc(-c2ccccc2)cc1. The van der Waals surface area contributed by atoms with E-state index in [1.165, 1.54) is 87.6 Å². The van der Waals surface area contributed by atoms with Crippen LogP contribution in [0.2, 0.25) is 0 Å². The first-order chi connectivity index (χ1) is 30.3.